The highest BCUT2D eigenvalue weighted by molar-refractivity contribution is 14.1. The van der Waals surface area contributed by atoms with Gasteiger partial charge in [0, 0.05) is 16.7 Å². The minimum absolute atomic E-state index is 0.765. The SMILES string of the molecule is Sc1cnc(OI)c2c1CCC2. The third-order valence-electron chi connectivity index (χ3n) is 2.16. The lowest BCUT2D eigenvalue weighted by atomic mass is 10.2. The Morgan fingerprint density at radius 3 is 2.92 bits per heavy atom. The lowest BCUT2D eigenvalue weighted by molar-refractivity contribution is 0.664. The molecule has 0 aromatic carbocycles. The van der Waals surface area contributed by atoms with Crippen LogP contribution in [-0.2, 0) is 12.8 Å². The molecule has 12 heavy (non-hydrogen) atoms. The predicted octanol–water partition coefficient (Wildman–Crippen LogP) is 2.59. The fourth-order valence-corrected chi connectivity index (χ4v) is 2.29. The van der Waals surface area contributed by atoms with Crippen molar-refractivity contribution in [3.05, 3.63) is 17.3 Å². The number of hydrogen-bond acceptors (Lipinski definition) is 3. The van der Waals surface area contributed by atoms with Gasteiger partial charge in [-0.2, -0.15) is 0 Å². The van der Waals surface area contributed by atoms with E-state index >= 15 is 0 Å². The predicted molar refractivity (Wildman–Crippen MR) is 58.2 cm³/mol. The lowest BCUT2D eigenvalue weighted by Crippen LogP contribution is -1.91. The zero-order valence-electron chi connectivity index (χ0n) is 6.38. The molecule has 0 aliphatic heterocycles. The van der Waals surface area contributed by atoms with Crippen LogP contribution in [0.5, 0.6) is 5.88 Å². The third kappa shape index (κ3) is 1.31. The second-order valence-corrected chi connectivity index (χ2v) is 3.76. The summed E-state index contributed by atoms with van der Waals surface area (Å²) in [4.78, 5) is 5.16. The molecule has 0 amide bonds. The molecular formula is C8H8INOS. The molecule has 2 rings (SSSR count). The minimum Gasteiger partial charge on any atom is -0.408 e. The molecule has 0 saturated carbocycles. The van der Waals surface area contributed by atoms with Gasteiger partial charge in [0.05, 0.1) is 0 Å². The number of pyridine rings is 1. The monoisotopic (exact) mass is 293 g/mol. The molecule has 0 radical (unpaired) electrons. The highest BCUT2D eigenvalue weighted by Crippen LogP contribution is 2.33. The van der Waals surface area contributed by atoms with Crippen LogP contribution in [0.15, 0.2) is 11.1 Å². The van der Waals surface area contributed by atoms with Crippen LogP contribution in [0.1, 0.15) is 17.5 Å². The molecule has 0 unspecified atom stereocenters. The van der Waals surface area contributed by atoms with Crippen LogP contribution in [0.4, 0.5) is 0 Å². The molecule has 0 bridgehead atoms. The Morgan fingerprint density at radius 1 is 1.42 bits per heavy atom. The molecule has 2 nitrogen and oxygen atoms in total. The van der Waals surface area contributed by atoms with Gasteiger partial charge in [-0.05, 0) is 24.8 Å². The standard InChI is InChI=1S/C8H8INOS/c9-11-8-6-3-1-2-5(6)7(12)4-10-8/h4,12H,1-3H2. The van der Waals surface area contributed by atoms with Crippen molar-refractivity contribution in [3.8, 4) is 5.88 Å². The van der Waals surface area contributed by atoms with Crippen molar-refractivity contribution in [3.63, 3.8) is 0 Å². The Kier molecular flexibility index (Phi) is 2.45. The van der Waals surface area contributed by atoms with Crippen LogP contribution in [-0.4, -0.2) is 4.98 Å². The Morgan fingerprint density at radius 2 is 2.17 bits per heavy atom. The van der Waals surface area contributed by atoms with Gasteiger partial charge >= 0.3 is 0 Å². The van der Waals surface area contributed by atoms with Crippen molar-refractivity contribution in [2.45, 2.75) is 24.2 Å². The van der Waals surface area contributed by atoms with E-state index in [1.165, 1.54) is 17.5 Å². The number of hydrogen-bond donors (Lipinski definition) is 1. The Hall–Kier alpha value is 0.0300. The van der Waals surface area contributed by atoms with Gasteiger partial charge in [-0.25, -0.2) is 4.98 Å². The quantitative estimate of drug-likeness (QED) is 0.635. The topological polar surface area (TPSA) is 22.1 Å². The van der Waals surface area contributed by atoms with Crippen LogP contribution in [0.25, 0.3) is 0 Å². The zero-order valence-corrected chi connectivity index (χ0v) is 9.43. The van der Waals surface area contributed by atoms with Gasteiger partial charge < -0.3 is 3.07 Å². The highest BCUT2D eigenvalue weighted by Gasteiger charge is 2.18. The molecule has 0 fully saturated rings. The summed E-state index contributed by atoms with van der Waals surface area (Å²) in [5.41, 5.74) is 2.57. The molecule has 1 aromatic heterocycles. The molecule has 0 atom stereocenters. The average molecular weight is 293 g/mol. The summed E-state index contributed by atoms with van der Waals surface area (Å²) in [6, 6.07) is 0. The Balaban J connectivity index is 2.57. The Labute approximate surface area is 90.8 Å². The van der Waals surface area contributed by atoms with E-state index < -0.39 is 0 Å². The molecule has 1 aromatic rings. The summed E-state index contributed by atoms with van der Waals surface area (Å²) >= 11 is 6.22. The minimum atomic E-state index is 0.765. The van der Waals surface area contributed by atoms with Gasteiger partial charge in [0.1, 0.15) is 0 Å². The molecular weight excluding hydrogens is 285 g/mol. The maximum atomic E-state index is 5.14. The van der Waals surface area contributed by atoms with Gasteiger partial charge in [-0.1, -0.05) is 0 Å². The van der Waals surface area contributed by atoms with E-state index in [-0.39, 0.29) is 0 Å². The van der Waals surface area contributed by atoms with E-state index in [9.17, 15) is 0 Å². The van der Waals surface area contributed by atoms with Crippen LogP contribution in [0.3, 0.4) is 0 Å². The first-order valence-corrected chi connectivity index (χ1v) is 5.14. The summed E-state index contributed by atoms with van der Waals surface area (Å²) in [7, 11) is 0. The first-order chi connectivity index (χ1) is 5.83. The summed E-state index contributed by atoms with van der Waals surface area (Å²) in [5, 5.41) is 0. The molecule has 0 saturated heterocycles. The van der Waals surface area contributed by atoms with Gasteiger partial charge in [-0.3, -0.25) is 0 Å². The molecule has 64 valence electrons. The summed E-state index contributed by atoms with van der Waals surface area (Å²) < 4.78 is 5.14. The van der Waals surface area contributed by atoms with E-state index in [2.05, 4.69) is 17.6 Å². The molecule has 4 heteroatoms. The van der Waals surface area contributed by atoms with Crippen LogP contribution in [0.2, 0.25) is 0 Å². The second-order valence-electron chi connectivity index (χ2n) is 2.84. The normalized spacial score (nSPS) is 14.5. The van der Waals surface area contributed by atoms with Crippen molar-refractivity contribution in [1.29, 1.82) is 0 Å². The number of halogens is 1. The van der Waals surface area contributed by atoms with Crippen molar-refractivity contribution in [1.82, 2.24) is 4.98 Å². The number of nitrogens with zero attached hydrogens (tertiary/aromatic N) is 1. The maximum absolute atomic E-state index is 5.14. The molecule has 1 heterocycles. The van der Waals surface area contributed by atoms with E-state index in [4.69, 9.17) is 3.07 Å². The zero-order chi connectivity index (χ0) is 8.55. The summed E-state index contributed by atoms with van der Waals surface area (Å²) in [6.07, 6.45) is 5.15. The van der Waals surface area contributed by atoms with E-state index in [1.54, 1.807) is 6.20 Å². The van der Waals surface area contributed by atoms with Crippen LogP contribution < -0.4 is 3.07 Å². The molecule has 0 N–H and O–H groups in total. The fourth-order valence-electron chi connectivity index (χ4n) is 1.60. The lowest BCUT2D eigenvalue weighted by Gasteiger charge is -2.05. The number of fused-ring (bicyclic) bond motifs is 1. The van der Waals surface area contributed by atoms with Gasteiger partial charge in [0.15, 0.2) is 23.0 Å². The second kappa shape index (κ2) is 3.41. The summed E-state index contributed by atoms with van der Waals surface area (Å²) in [5.74, 6) is 0.765. The number of thiol groups is 1. The molecule has 1 aliphatic carbocycles. The van der Waals surface area contributed by atoms with Gasteiger partial charge in [0.2, 0.25) is 5.88 Å². The van der Waals surface area contributed by atoms with Crippen molar-refractivity contribution >= 4 is 35.6 Å². The van der Waals surface area contributed by atoms with Crippen molar-refractivity contribution < 1.29 is 3.07 Å². The number of aromatic nitrogens is 1. The van der Waals surface area contributed by atoms with E-state index in [1.807, 2.05) is 23.0 Å². The molecule has 1 aliphatic rings. The van der Waals surface area contributed by atoms with Crippen molar-refractivity contribution in [2.75, 3.05) is 0 Å². The first-order valence-electron chi connectivity index (χ1n) is 3.81. The largest absolute Gasteiger partial charge is 0.408 e. The van der Waals surface area contributed by atoms with Crippen LogP contribution >= 0.6 is 35.6 Å². The van der Waals surface area contributed by atoms with Gasteiger partial charge in [0.25, 0.3) is 0 Å². The van der Waals surface area contributed by atoms with Gasteiger partial charge in [-0.15, -0.1) is 12.6 Å². The third-order valence-corrected chi connectivity index (χ3v) is 2.96. The molecule has 0 spiro atoms. The summed E-state index contributed by atoms with van der Waals surface area (Å²) in [6.45, 7) is 0. The smallest absolute Gasteiger partial charge is 0.228 e. The van der Waals surface area contributed by atoms with E-state index in [0.29, 0.717) is 0 Å². The Bertz CT molecular complexity index is 316. The fraction of sp³-hybridized carbons (Fsp3) is 0.375. The van der Waals surface area contributed by atoms with Crippen molar-refractivity contribution in [2.24, 2.45) is 0 Å². The van der Waals surface area contributed by atoms with E-state index in [0.717, 1.165) is 23.6 Å². The first kappa shape index (κ1) is 8.62. The maximum Gasteiger partial charge on any atom is 0.228 e. The number of rotatable bonds is 1. The highest BCUT2D eigenvalue weighted by atomic mass is 127. The van der Waals surface area contributed by atoms with Crippen LogP contribution in [0, 0.1) is 0 Å². The average Bonchev–Trinajstić information content (AvgIpc) is 2.54.